The molecule has 0 radical (unpaired) electrons. The maximum absolute atomic E-state index is 10.7. The van der Waals surface area contributed by atoms with Gasteiger partial charge in [0.2, 0.25) is 0 Å². The fourth-order valence-electron chi connectivity index (χ4n) is 1.85. The van der Waals surface area contributed by atoms with Crippen molar-refractivity contribution < 1.29 is 14.6 Å². The molecule has 0 aliphatic rings. The van der Waals surface area contributed by atoms with E-state index in [1.165, 1.54) is 6.08 Å². The molecule has 0 aliphatic heterocycles. The van der Waals surface area contributed by atoms with E-state index in [1.54, 1.807) is 17.5 Å². The first-order valence-corrected chi connectivity index (χ1v) is 7.82. The fourth-order valence-corrected chi connectivity index (χ4v) is 3.15. The molecule has 21 heavy (non-hydrogen) atoms. The summed E-state index contributed by atoms with van der Waals surface area (Å²) in [5, 5.41) is 9.76. The molecule has 0 spiro atoms. The Morgan fingerprint density at radius 2 is 2.24 bits per heavy atom. The summed E-state index contributed by atoms with van der Waals surface area (Å²) >= 11 is 4.99. The molecule has 0 unspecified atom stereocenters. The van der Waals surface area contributed by atoms with E-state index >= 15 is 0 Å². The zero-order valence-corrected chi connectivity index (χ0v) is 14.0. The van der Waals surface area contributed by atoms with Crippen molar-refractivity contribution in [1.29, 1.82) is 0 Å². The number of halogens is 1. The Morgan fingerprint density at radius 1 is 1.48 bits per heavy atom. The third-order valence-electron chi connectivity index (χ3n) is 2.70. The Morgan fingerprint density at radius 3 is 2.86 bits per heavy atom. The largest absolute Gasteiger partial charge is 0.487 e. The van der Waals surface area contributed by atoms with E-state index in [4.69, 9.17) is 9.84 Å². The Labute approximate surface area is 135 Å². The summed E-state index contributed by atoms with van der Waals surface area (Å²) in [7, 11) is 0. The van der Waals surface area contributed by atoms with Crippen LogP contribution >= 0.6 is 27.3 Å². The highest BCUT2D eigenvalue weighted by Gasteiger charge is 2.09. The van der Waals surface area contributed by atoms with Crippen LogP contribution in [0.5, 0.6) is 5.75 Å². The van der Waals surface area contributed by atoms with Crippen molar-refractivity contribution in [3.05, 3.63) is 49.9 Å². The Balaban J connectivity index is 2.26. The highest BCUT2D eigenvalue weighted by Crippen LogP contribution is 2.30. The smallest absolute Gasteiger partial charge is 0.328 e. The number of nitrogens with zero attached hydrogens (tertiary/aromatic N) is 1. The minimum atomic E-state index is -0.989. The van der Waals surface area contributed by atoms with Crippen LogP contribution in [-0.4, -0.2) is 16.1 Å². The van der Waals surface area contributed by atoms with Crippen LogP contribution in [0.25, 0.3) is 6.08 Å². The summed E-state index contributed by atoms with van der Waals surface area (Å²) in [5.41, 5.74) is 1.67. The predicted molar refractivity (Wildman–Crippen MR) is 86.7 cm³/mol. The van der Waals surface area contributed by atoms with Gasteiger partial charge in [-0.2, -0.15) is 0 Å². The molecule has 0 aliphatic carbocycles. The van der Waals surface area contributed by atoms with E-state index in [-0.39, 0.29) is 0 Å². The number of rotatable bonds is 5. The molecule has 1 N–H and O–H groups in total. The van der Waals surface area contributed by atoms with Gasteiger partial charge in [-0.1, -0.05) is 15.9 Å². The van der Waals surface area contributed by atoms with E-state index in [0.717, 1.165) is 31.6 Å². The van der Waals surface area contributed by atoms with E-state index in [2.05, 4.69) is 20.9 Å². The molecule has 4 nitrogen and oxygen atoms in total. The lowest BCUT2D eigenvalue weighted by atomic mass is 10.1. The van der Waals surface area contributed by atoms with Crippen LogP contribution in [0, 0.1) is 13.8 Å². The van der Waals surface area contributed by atoms with Gasteiger partial charge in [0, 0.05) is 22.3 Å². The second-order valence-electron chi connectivity index (χ2n) is 4.45. The van der Waals surface area contributed by atoms with Crippen LogP contribution in [0.3, 0.4) is 0 Å². The predicted octanol–water partition coefficient (Wildman–Crippen LogP) is 4.20. The Hall–Kier alpha value is -1.66. The van der Waals surface area contributed by atoms with Crippen molar-refractivity contribution in [2.24, 2.45) is 0 Å². The number of benzene rings is 1. The van der Waals surface area contributed by atoms with Gasteiger partial charge in [0.25, 0.3) is 0 Å². The zero-order valence-electron chi connectivity index (χ0n) is 11.6. The number of hydrogen-bond donors (Lipinski definition) is 1. The Kier molecular flexibility index (Phi) is 5.14. The normalized spacial score (nSPS) is 11.0. The number of hydrogen-bond acceptors (Lipinski definition) is 4. The van der Waals surface area contributed by atoms with E-state index in [0.29, 0.717) is 12.4 Å². The van der Waals surface area contributed by atoms with Crippen molar-refractivity contribution in [3.63, 3.8) is 0 Å². The molecule has 6 heteroatoms. The van der Waals surface area contributed by atoms with Crippen molar-refractivity contribution in [3.8, 4) is 5.75 Å². The highest BCUT2D eigenvalue weighted by molar-refractivity contribution is 9.10. The summed E-state index contributed by atoms with van der Waals surface area (Å²) < 4.78 is 6.74. The summed E-state index contributed by atoms with van der Waals surface area (Å²) in [6.45, 7) is 4.29. The van der Waals surface area contributed by atoms with Crippen LogP contribution in [-0.2, 0) is 11.4 Å². The Bertz CT molecular complexity index is 694. The first-order valence-electron chi connectivity index (χ1n) is 6.21. The van der Waals surface area contributed by atoms with Crippen LogP contribution in [0.15, 0.2) is 28.9 Å². The van der Waals surface area contributed by atoms with Gasteiger partial charge in [-0.05, 0) is 37.6 Å². The zero-order chi connectivity index (χ0) is 15.4. The summed E-state index contributed by atoms with van der Waals surface area (Å²) in [5.74, 6) is -0.307. The lowest BCUT2D eigenvalue weighted by Crippen LogP contribution is -1.98. The molecule has 1 heterocycles. The van der Waals surface area contributed by atoms with Crippen LogP contribution in [0.4, 0.5) is 0 Å². The van der Waals surface area contributed by atoms with Gasteiger partial charge in [0.15, 0.2) is 0 Å². The van der Waals surface area contributed by atoms with Crippen molar-refractivity contribution >= 4 is 39.3 Å². The van der Waals surface area contributed by atoms with Gasteiger partial charge >= 0.3 is 5.97 Å². The number of aliphatic carboxylic acids is 1. The van der Waals surface area contributed by atoms with Crippen molar-refractivity contribution in [2.75, 3.05) is 0 Å². The quantitative estimate of drug-likeness (QED) is 0.804. The number of carboxylic acids is 1. The van der Waals surface area contributed by atoms with E-state index in [1.807, 2.05) is 26.0 Å². The molecule has 110 valence electrons. The second-order valence-corrected chi connectivity index (χ2v) is 6.68. The van der Waals surface area contributed by atoms with Gasteiger partial charge in [-0.25, -0.2) is 9.78 Å². The van der Waals surface area contributed by atoms with E-state index < -0.39 is 5.97 Å². The lowest BCUT2D eigenvalue weighted by molar-refractivity contribution is -0.131. The maximum Gasteiger partial charge on any atom is 0.328 e. The topological polar surface area (TPSA) is 59.4 Å². The SMILES string of the molecule is Cc1ncc(COc2c(C)cc(Br)cc2/C=C/C(=O)O)s1. The third-order valence-corrected chi connectivity index (χ3v) is 4.05. The number of ether oxygens (including phenoxy) is 1. The second kappa shape index (κ2) is 6.87. The minimum absolute atomic E-state index is 0.419. The number of thiazole rings is 1. The molecular weight excluding hydrogens is 354 g/mol. The fraction of sp³-hybridized carbons (Fsp3) is 0.200. The monoisotopic (exact) mass is 367 g/mol. The third kappa shape index (κ3) is 4.41. The van der Waals surface area contributed by atoms with E-state index in [9.17, 15) is 4.79 Å². The molecule has 2 rings (SSSR count). The number of carbonyl (C=O) groups is 1. The standard InChI is InChI=1S/C15H14BrNO3S/c1-9-5-12(16)6-11(3-4-14(18)19)15(9)20-8-13-7-17-10(2)21-13/h3-7H,8H2,1-2H3,(H,18,19)/b4-3+. The average Bonchev–Trinajstić information content (AvgIpc) is 2.80. The molecule has 1 aromatic carbocycles. The summed E-state index contributed by atoms with van der Waals surface area (Å²) in [6, 6.07) is 3.77. The van der Waals surface area contributed by atoms with Gasteiger partial charge in [-0.15, -0.1) is 11.3 Å². The molecule has 2 aromatic rings. The summed E-state index contributed by atoms with van der Waals surface area (Å²) in [6.07, 6.45) is 4.43. The van der Waals surface area contributed by atoms with Gasteiger partial charge in [-0.3, -0.25) is 0 Å². The molecule has 0 amide bonds. The van der Waals surface area contributed by atoms with Crippen LogP contribution < -0.4 is 4.74 Å². The van der Waals surface area contributed by atoms with Crippen molar-refractivity contribution in [1.82, 2.24) is 4.98 Å². The maximum atomic E-state index is 10.7. The van der Waals surface area contributed by atoms with Gasteiger partial charge < -0.3 is 9.84 Å². The molecule has 0 fully saturated rings. The lowest BCUT2D eigenvalue weighted by Gasteiger charge is -2.12. The van der Waals surface area contributed by atoms with Crippen LogP contribution in [0.1, 0.15) is 21.0 Å². The first-order chi connectivity index (χ1) is 9.95. The molecule has 0 bridgehead atoms. The van der Waals surface area contributed by atoms with Crippen molar-refractivity contribution in [2.45, 2.75) is 20.5 Å². The number of carboxylic acid groups (broad SMARTS) is 1. The van der Waals surface area contributed by atoms with Crippen LogP contribution in [0.2, 0.25) is 0 Å². The molecular formula is C15H14BrNO3S. The highest BCUT2D eigenvalue weighted by atomic mass is 79.9. The minimum Gasteiger partial charge on any atom is -0.487 e. The van der Waals surface area contributed by atoms with Gasteiger partial charge in [0.1, 0.15) is 12.4 Å². The number of aryl methyl sites for hydroxylation is 2. The molecule has 0 saturated heterocycles. The molecule has 0 saturated carbocycles. The molecule has 0 atom stereocenters. The number of aromatic nitrogens is 1. The molecule has 1 aromatic heterocycles. The average molecular weight is 368 g/mol. The van der Waals surface area contributed by atoms with Gasteiger partial charge in [0.05, 0.1) is 9.88 Å². The summed E-state index contributed by atoms with van der Waals surface area (Å²) in [4.78, 5) is 15.9. The first kappa shape index (κ1) is 15.7.